The van der Waals surface area contributed by atoms with E-state index in [0.717, 1.165) is 0 Å². The van der Waals surface area contributed by atoms with Gasteiger partial charge in [0.25, 0.3) is 0 Å². The molecule has 0 aliphatic heterocycles. The number of aryl methyl sites for hydroxylation is 1. The summed E-state index contributed by atoms with van der Waals surface area (Å²) in [7, 11) is 3.06. The van der Waals surface area contributed by atoms with Gasteiger partial charge in [0.2, 0.25) is 5.76 Å². The molecule has 1 heterocycles. The fourth-order valence-corrected chi connectivity index (χ4v) is 1.92. The Labute approximate surface area is 120 Å². The summed E-state index contributed by atoms with van der Waals surface area (Å²) in [6.07, 6.45) is 3.13. The molecule has 110 valence electrons. The summed E-state index contributed by atoms with van der Waals surface area (Å²) in [6, 6.07) is 5.35. The van der Waals surface area contributed by atoms with Crippen LogP contribution < -0.4 is 9.47 Å². The summed E-state index contributed by atoms with van der Waals surface area (Å²) in [5, 5.41) is 14.6. The second-order valence-corrected chi connectivity index (χ2v) is 4.15. The standard InChI is InChI=1S/C14H14N2O5/c1-9-13(16(17)18)11(21-15-9)8-7-10-5-4-6-12(19-2)14(10)20-3/h4-8H,1-3H3. The molecule has 7 heteroatoms. The van der Waals surface area contributed by atoms with E-state index in [1.54, 1.807) is 24.3 Å². The topological polar surface area (TPSA) is 87.6 Å². The highest BCUT2D eigenvalue weighted by atomic mass is 16.6. The largest absolute Gasteiger partial charge is 0.493 e. The third kappa shape index (κ3) is 2.86. The summed E-state index contributed by atoms with van der Waals surface area (Å²) in [4.78, 5) is 10.4. The van der Waals surface area contributed by atoms with Crippen LogP contribution in [0.3, 0.4) is 0 Å². The number of hydrogen-bond acceptors (Lipinski definition) is 6. The smallest absolute Gasteiger partial charge is 0.338 e. The molecule has 0 unspecified atom stereocenters. The third-order valence-corrected chi connectivity index (χ3v) is 2.89. The Kier molecular flexibility index (Phi) is 4.22. The molecule has 0 spiro atoms. The van der Waals surface area contributed by atoms with Gasteiger partial charge in [-0.3, -0.25) is 10.1 Å². The van der Waals surface area contributed by atoms with Crippen molar-refractivity contribution < 1.29 is 18.9 Å². The van der Waals surface area contributed by atoms with Crippen molar-refractivity contribution in [3.8, 4) is 11.5 Å². The van der Waals surface area contributed by atoms with Crippen LogP contribution in [0.4, 0.5) is 5.69 Å². The lowest BCUT2D eigenvalue weighted by Gasteiger charge is -2.09. The molecule has 0 bridgehead atoms. The minimum atomic E-state index is -0.520. The number of ether oxygens (including phenoxy) is 2. The Morgan fingerprint density at radius 1 is 1.29 bits per heavy atom. The van der Waals surface area contributed by atoms with Gasteiger partial charge < -0.3 is 14.0 Å². The van der Waals surface area contributed by atoms with Gasteiger partial charge in [-0.15, -0.1) is 0 Å². The van der Waals surface area contributed by atoms with Crippen molar-refractivity contribution in [2.45, 2.75) is 6.92 Å². The third-order valence-electron chi connectivity index (χ3n) is 2.89. The van der Waals surface area contributed by atoms with Crippen molar-refractivity contribution in [2.75, 3.05) is 14.2 Å². The maximum absolute atomic E-state index is 11.0. The second kappa shape index (κ2) is 6.08. The van der Waals surface area contributed by atoms with Gasteiger partial charge >= 0.3 is 5.69 Å². The first kappa shape index (κ1) is 14.6. The summed E-state index contributed by atoms with van der Waals surface area (Å²) in [6.45, 7) is 1.52. The quantitative estimate of drug-likeness (QED) is 0.621. The van der Waals surface area contributed by atoms with E-state index in [4.69, 9.17) is 14.0 Å². The zero-order chi connectivity index (χ0) is 15.4. The molecule has 0 aliphatic carbocycles. The van der Waals surface area contributed by atoms with E-state index >= 15 is 0 Å². The molecule has 1 aromatic heterocycles. The average Bonchev–Trinajstić information content (AvgIpc) is 2.85. The minimum absolute atomic E-state index is 0.0855. The number of methoxy groups -OCH3 is 2. The van der Waals surface area contributed by atoms with Gasteiger partial charge in [-0.25, -0.2) is 0 Å². The van der Waals surface area contributed by atoms with Crippen LogP contribution in [0.2, 0.25) is 0 Å². The zero-order valence-corrected chi connectivity index (χ0v) is 11.8. The number of nitrogens with zero attached hydrogens (tertiary/aromatic N) is 2. The average molecular weight is 290 g/mol. The minimum Gasteiger partial charge on any atom is -0.493 e. The van der Waals surface area contributed by atoms with Gasteiger partial charge in [-0.05, 0) is 25.1 Å². The molecule has 0 saturated heterocycles. The Balaban J connectivity index is 2.41. The van der Waals surface area contributed by atoms with E-state index in [1.807, 2.05) is 0 Å². The Bertz CT molecular complexity index is 691. The van der Waals surface area contributed by atoms with Crippen LogP contribution in [0.25, 0.3) is 12.2 Å². The maximum atomic E-state index is 11.0. The predicted octanol–water partition coefficient (Wildman–Crippen LogP) is 3.08. The Morgan fingerprint density at radius 3 is 2.67 bits per heavy atom. The lowest BCUT2D eigenvalue weighted by atomic mass is 10.1. The Hall–Kier alpha value is -2.83. The number of para-hydroxylation sites is 1. The van der Waals surface area contributed by atoms with Gasteiger partial charge in [0, 0.05) is 5.56 Å². The van der Waals surface area contributed by atoms with Crippen molar-refractivity contribution >= 4 is 17.8 Å². The number of nitro groups is 1. The van der Waals surface area contributed by atoms with Gasteiger partial charge in [0.1, 0.15) is 0 Å². The van der Waals surface area contributed by atoms with Crippen molar-refractivity contribution in [3.05, 3.63) is 45.3 Å². The molecule has 2 rings (SSSR count). The molecular formula is C14H14N2O5. The summed E-state index contributed by atoms with van der Waals surface area (Å²) in [5.41, 5.74) is 0.797. The van der Waals surface area contributed by atoms with Crippen LogP contribution >= 0.6 is 0 Å². The molecule has 0 N–H and O–H groups in total. The summed E-state index contributed by atoms with van der Waals surface area (Å²) in [5.74, 6) is 1.19. The van der Waals surface area contributed by atoms with Gasteiger partial charge in [0.05, 0.1) is 19.1 Å². The highest BCUT2D eigenvalue weighted by molar-refractivity contribution is 5.75. The molecule has 0 radical (unpaired) electrons. The number of hydrogen-bond donors (Lipinski definition) is 0. The normalized spacial score (nSPS) is 10.8. The first-order chi connectivity index (χ1) is 10.1. The van der Waals surface area contributed by atoms with Gasteiger partial charge in [-0.2, -0.15) is 0 Å². The second-order valence-electron chi connectivity index (χ2n) is 4.15. The van der Waals surface area contributed by atoms with Gasteiger partial charge in [0.15, 0.2) is 17.2 Å². The number of rotatable bonds is 5. The molecule has 0 atom stereocenters. The highest BCUT2D eigenvalue weighted by Gasteiger charge is 2.22. The molecule has 0 aliphatic rings. The number of benzene rings is 1. The van der Waals surface area contributed by atoms with Crippen LogP contribution in [-0.2, 0) is 0 Å². The molecule has 0 saturated carbocycles. The van der Waals surface area contributed by atoms with Crippen LogP contribution in [0.15, 0.2) is 22.7 Å². The van der Waals surface area contributed by atoms with Crippen LogP contribution in [0.1, 0.15) is 17.0 Å². The first-order valence-electron chi connectivity index (χ1n) is 6.08. The van der Waals surface area contributed by atoms with E-state index in [9.17, 15) is 10.1 Å². The van der Waals surface area contributed by atoms with E-state index in [0.29, 0.717) is 17.1 Å². The lowest BCUT2D eigenvalue weighted by Crippen LogP contribution is -1.92. The SMILES string of the molecule is COc1cccc(C=Cc2onc(C)c2[N+](=O)[O-])c1OC. The lowest BCUT2D eigenvalue weighted by molar-refractivity contribution is -0.386. The highest BCUT2D eigenvalue weighted by Crippen LogP contribution is 2.32. The van der Waals surface area contributed by atoms with E-state index in [2.05, 4.69) is 5.16 Å². The van der Waals surface area contributed by atoms with E-state index in [-0.39, 0.29) is 17.1 Å². The summed E-state index contributed by atoms with van der Waals surface area (Å²) >= 11 is 0. The summed E-state index contributed by atoms with van der Waals surface area (Å²) < 4.78 is 15.4. The fourth-order valence-electron chi connectivity index (χ4n) is 1.92. The zero-order valence-electron chi connectivity index (χ0n) is 11.8. The van der Waals surface area contributed by atoms with Crippen molar-refractivity contribution in [3.63, 3.8) is 0 Å². The van der Waals surface area contributed by atoms with Crippen molar-refractivity contribution in [1.29, 1.82) is 0 Å². The van der Waals surface area contributed by atoms with Crippen LogP contribution in [0.5, 0.6) is 11.5 Å². The molecule has 21 heavy (non-hydrogen) atoms. The molecule has 2 aromatic rings. The van der Waals surface area contributed by atoms with Crippen molar-refractivity contribution in [2.24, 2.45) is 0 Å². The van der Waals surface area contributed by atoms with Crippen LogP contribution in [0, 0.1) is 17.0 Å². The molecule has 7 nitrogen and oxygen atoms in total. The monoisotopic (exact) mass is 290 g/mol. The van der Waals surface area contributed by atoms with Crippen molar-refractivity contribution in [1.82, 2.24) is 5.16 Å². The van der Waals surface area contributed by atoms with E-state index < -0.39 is 4.92 Å². The maximum Gasteiger partial charge on any atom is 0.338 e. The predicted molar refractivity (Wildman–Crippen MR) is 76.4 cm³/mol. The first-order valence-corrected chi connectivity index (χ1v) is 6.08. The Morgan fingerprint density at radius 2 is 2.05 bits per heavy atom. The number of aromatic nitrogens is 1. The fraction of sp³-hybridized carbons (Fsp3) is 0.214. The molecule has 1 aromatic carbocycles. The van der Waals surface area contributed by atoms with E-state index in [1.165, 1.54) is 27.2 Å². The molecular weight excluding hydrogens is 276 g/mol. The van der Waals surface area contributed by atoms with Crippen LogP contribution in [-0.4, -0.2) is 24.3 Å². The van der Waals surface area contributed by atoms with Gasteiger partial charge in [-0.1, -0.05) is 17.3 Å². The molecule has 0 fully saturated rings. The molecule has 0 amide bonds.